The van der Waals surface area contributed by atoms with Gasteiger partial charge in [-0.05, 0) is 31.9 Å². The van der Waals surface area contributed by atoms with Crippen LogP contribution in [0.15, 0.2) is 18.2 Å². The Morgan fingerprint density at radius 1 is 1.39 bits per heavy atom. The molecule has 1 aromatic carbocycles. The van der Waals surface area contributed by atoms with Crippen molar-refractivity contribution in [2.75, 3.05) is 23.4 Å². The number of hydrogen-bond donors (Lipinski definition) is 1. The van der Waals surface area contributed by atoms with Gasteiger partial charge in [0.25, 0.3) is 0 Å². The first-order valence-electron chi connectivity index (χ1n) is 8.13. The number of nitrogens with one attached hydrogen (secondary N) is 1. The second-order valence-corrected chi connectivity index (χ2v) is 7.07. The molecule has 5 nitrogen and oxygen atoms in total. The van der Waals surface area contributed by atoms with Crippen LogP contribution in [0.2, 0.25) is 0 Å². The molecule has 0 saturated heterocycles. The Labute approximate surface area is 138 Å². The number of ether oxygens (including phenoxy) is 1. The number of carbonyl (C=O) groups is 2. The van der Waals surface area contributed by atoms with E-state index in [1.807, 2.05) is 26.0 Å². The van der Waals surface area contributed by atoms with E-state index < -0.39 is 5.41 Å². The molecule has 2 rings (SSSR count). The van der Waals surface area contributed by atoms with Gasteiger partial charge in [-0.3, -0.25) is 9.59 Å². The number of hydrogen-bond acceptors (Lipinski definition) is 3. The van der Waals surface area contributed by atoms with Crippen molar-refractivity contribution in [2.45, 2.75) is 41.0 Å². The van der Waals surface area contributed by atoms with Crippen LogP contribution >= 0.6 is 0 Å². The standard InChI is InChI=1S/C18H26N2O3/c1-6-16(21)19-13-7-8-14-15(9-13)23-11-18(4,5)17(22)20(14)10-12(2)3/h7-9,12H,6,10-11H2,1-5H3,(H,19,21). The zero-order valence-electron chi connectivity index (χ0n) is 14.6. The molecule has 1 heterocycles. The molecule has 0 unspecified atom stereocenters. The Morgan fingerprint density at radius 3 is 2.70 bits per heavy atom. The van der Waals surface area contributed by atoms with Crippen LogP contribution < -0.4 is 15.0 Å². The van der Waals surface area contributed by atoms with E-state index in [0.717, 1.165) is 5.69 Å². The molecule has 1 aliphatic rings. The molecular weight excluding hydrogens is 292 g/mol. The van der Waals surface area contributed by atoms with E-state index >= 15 is 0 Å². The monoisotopic (exact) mass is 318 g/mol. The van der Waals surface area contributed by atoms with E-state index in [0.29, 0.717) is 36.9 Å². The highest BCUT2D eigenvalue weighted by molar-refractivity contribution is 6.00. The smallest absolute Gasteiger partial charge is 0.236 e. The van der Waals surface area contributed by atoms with Crippen LogP contribution in [0.5, 0.6) is 5.75 Å². The van der Waals surface area contributed by atoms with Crippen molar-refractivity contribution in [2.24, 2.45) is 11.3 Å². The van der Waals surface area contributed by atoms with Crippen LogP contribution in [-0.4, -0.2) is 25.0 Å². The molecule has 1 N–H and O–H groups in total. The van der Waals surface area contributed by atoms with Crippen LogP contribution in [0.3, 0.4) is 0 Å². The summed E-state index contributed by atoms with van der Waals surface area (Å²) >= 11 is 0. The number of rotatable bonds is 4. The van der Waals surface area contributed by atoms with Crippen LogP contribution in [0.1, 0.15) is 41.0 Å². The number of fused-ring (bicyclic) bond motifs is 1. The zero-order valence-corrected chi connectivity index (χ0v) is 14.6. The van der Waals surface area contributed by atoms with Crippen molar-refractivity contribution >= 4 is 23.2 Å². The summed E-state index contributed by atoms with van der Waals surface area (Å²) in [5.41, 5.74) is 0.872. The van der Waals surface area contributed by atoms with Gasteiger partial charge in [-0.2, -0.15) is 0 Å². The Balaban J connectivity index is 2.41. The minimum Gasteiger partial charge on any atom is -0.490 e. The quantitative estimate of drug-likeness (QED) is 0.925. The second-order valence-electron chi connectivity index (χ2n) is 7.07. The molecule has 126 valence electrons. The lowest BCUT2D eigenvalue weighted by molar-refractivity contribution is -0.127. The van der Waals surface area contributed by atoms with Crippen molar-refractivity contribution in [1.82, 2.24) is 0 Å². The van der Waals surface area contributed by atoms with Gasteiger partial charge < -0.3 is 15.0 Å². The van der Waals surface area contributed by atoms with Crippen LogP contribution in [0.4, 0.5) is 11.4 Å². The second kappa shape index (κ2) is 6.60. The lowest BCUT2D eigenvalue weighted by Gasteiger charge is -2.29. The highest BCUT2D eigenvalue weighted by Gasteiger charge is 2.37. The van der Waals surface area contributed by atoms with E-state index in [-0.39, 0.29) is 11.8 Å². The average Bonchev–Trinajstić information content (AvgIpc) is 2.57. The maximum Gasteiger partial charge on any atom is 0.236 e. The van der Waals surface area contributed by atoms with Crippen LogP contribution in [-0.2, 0) is 9.59 Å². The van der Waals surface area contributed by atoms with Gasteiger partial charge >= 0.3 is 0 Å². The minimum atomic E-state index is -0.583. The van der Waals surface area contributed by atoms with Gasteiger partial charge in [-0.1, -0.05) is 20.8 Å². The fourth-order valence-electron chi connectivity index (χ4n) is 2.52. The van der Waals surface area contributed by atoms with E-state index in [1.54, 1.807) is 17.9 Å². The summed E-state index contributed by atoms with van der Waals surface area (Å²) in [5, 5.41) is 2.83. The van der Waals surface area contributed by atoms with E-state index in [2.05, 4.69) is 19.2 Å². The molecule has 2 amide bonds. The Kier molecular flexibility index (Phi) is 4.97. The lowest BCUT2D eigenvalue weighted by Crippen LogP contribution is -2.43. The number of carbonyl (C=O) groups excluding carboxylic acids is 2. The predicted octanol–water partition coefficient (Wildman–Crippen LogP) is 3.44. The third-order valence-electron chi connectivity index (χ3n) is 3.82. The Bertz CT molecular complexity index is 608. The van der Waals surface area contributed by atoms with E-state index in [4.69, 9.17) is 4.74 Å². The molecule has 0 saturated carbocycles. The van der Waals surface area contributed by atoms with Gasteiger partial charge in [0.05, 0.1) is 11.1 Å². The molecule has 1 aromatic rings. The molecule has 0 bridgehead atoms. The predicted molar refractivity (Wildman–Crippen MR) is 91.8 cm³/mol. The molecular formula is C18H26N2O3. The number of amides is 2. The first-order valence-corrected chi connectivity index (χ1v) is 8.13. The van der Waals surface area contributed by atoms with E-state index in [9.17, 15) is 9.59 Å². The maximum absolute atomic E-state index is 12.9. The summed E-state index contributed by atoms with van der Waals surface area (Å²) in [5.74, 6) is 1.00. The fraction of sp³-hybridized carbons (Fsp3) is 0.556. The topological polar surface area (TPSA) is 58.6 Å². The molecule has 0 spiro atoms. The van der Waals surface area contributed by atoms with Crippen LogP contribution in [0.25, 0.3) is 0 Å². The molecule has 1 aliphatic heterocycles. The minimum absolute atomic E-state index is 0.0472. The van der Waals surface area contributed by atoms with Crippen molar-refractivity contribution in [3.63, 3.8) is 0 Å². The first-order chi connectivity index (χ1) is 10.7. The van der Waals surface area contributed by atoms with Gasteiger partial charge in [0.15, 0.2) is 0 Å². The largest absolute Gasteiger partial charge is 0.490 e. The SMILES string of the molecule is CCC(=O)Nc1ccc2c(c1)OCC(C)(C)C(=O)N2CC(C)C. The normalized spacial score (nSPS) is 16.6. The zero-order chi connectivity index (χ0) is 17.2. The van der Waals surface area contributed by atoms with Crippen LogP contribution in [0, 0.1) is 11.3 Å². The fourth-order valence-corrected chi connectivity index (χ4v) is 2.52. The highest BCUT2D eigenvalue weighted by Crippen LogP contribution is 2.38. The van der Waals surface area contributed by atoms with Crippen molar-refractivity contribution in [3.05, 3.63) is 18.2 Å². The van der Waals surface area contributed by atoms with Gasteiger partial charge in [0, 0.05) is 24.7 Å². The average molecular weight is 318 g/mol. The van der Waals surface area contributed by atoms with E-state index in [1.165, 1.54) is 0 Å². The first kappa shape index (κ1) is 17.3. The number of benzene rings is 1. The Hall–Kier alpha value is -2.04. The van der Waals surface area contributed by atoms with Gasteiger partial charge in [-0.15, -0.1) is 0 Å². The Morgan fingerprint density at radius 2 is 2.09 bits per heavy atom. The molecule has 5 heteroatoms. The lowest BCUT2D eigenvalue weighted by atomic mass is 9.92. The summed E-state index contributed by atoms with van der Waals surface area (Å²) in [6, 6.07) is 5.46. The number of nitrogens with zero attached hydrogens (tertiary/aromatic N) is 1. The maximum atomic E-state index is 12.9. The van der Waals surface area contributed by atoms with Crippen molar-refractivity contribution in [3.8, 4) is 5.75 Å². The molecule has 0 atom stereocenters. The van der Waals surface area contributed by atoms with Gasteiger partial charge in [0.2, 0.25) is 11.8 Å². The summed E-state index contributed by atoms with van der Waals surface area (Å²) in [6.07, 6.45) is 0.420. The molecule has 0 aliphatic carbocycles. The molecule has 23 heavy (non-hydrogen) atoms. The summed E-state index contributed by atoms with van der Waals surface area (Å²) in [7, 11) is 0. The summed E-state index contributed by atoms with van der Waals surface area (Å²) < 4.78 is 5.89. The highest BCUT2D eigenvalue weighted by atomic mass is 16.5. The number of anilines is 2. The van der Waals surface area contributed by atoms with Crippen molar-refractivity contribution < 1.29 is 14.3 Å². The molecule has 0 aromatic heterocycles. The van der Waals surface area contributed by atoms with Gasteiger partial charge in [-0.25, -0.2) is 0 Å². The molecule has 0 radical (unpaired) electrons. The van der Waals surface area contributed by atoms with Gasteiger partial charge in [0.1, 0.15) is 12.4 Å². The third-order valence-corrected chi connectivity index (χ3v) is 3.82. The molecule has 0 fully saturated rings. The summed E-state index contributed by atoms with van der Waals surface area (Å²) in [6.45, 7) is 10.7. The van der Waals surface area contributed by atoms with Crippen molar-refractivity contribution in [1.29, 1.82) is 0 Å². The summed E-state index contributed by atoms with van der Waals surface area (Å²) in [4.78, 5) is 26.2. The third kappa shape index (κ3) is 3.84.